The van der Waals surface area contributed by atoms with Crippen molar-refractivity contribution < 1.29 is 4.79 Å². The average Bonchev–Trinajstić information content (AvgIpc) is 2.66. The van der Waals surface area contributed by atoms with Gasteiger partial charge in [0.1, 0.15) is 4.88 Å². The second-order valence-electron chi connectivity index (χ2n) is 2.80. The lowest BCUT2D eigenvalue weighted by Crippen LogP contribution is -2.09. The Morgan fingerprint density at radius 2 is 2.07 bits per heavy atom. The number of carbonyl (C=O) groups is 1. The number of hydrogen-bond acceptors (Lipinski definition) is 3. The van der Waals surface area contributed by atoms with E-state index in [-0.39, 0.29) is 5.91 Å². The molecule has 1 heterocycles. The van der Waals surface area contributed by atoms with Crippen LogP contribution in [-0.4, -0.2) is 10.9 Å². The van der Waals surface area contributed by atoms with E-state index in [2.05, 4.69) is 32.9 Å². The van der Waals surface area contributed by atoms with Crippen molar-refractivity contribution in [3.63, 3.8) is 0 Å². The summed E-state index contributed by atoms with van der Waals surface area (Å²) in [6.45, 7) is 0. The molecule has 0 spiro atoms. The van der Waals surface area contributed by atoms with Crippen LogP contribution < -0.4 is 5.32 Å². The van der Waals surface area contributed by atoms with E-state index in [0.717, 1.165) is 8.70 Å². The van der Waals surface area contributed by atoms with Crippen molar-refractivity contribution in [3.8, 4) is 0 Å². The molecule has 0 aliphatic carbocycles. The summed E-state index contributed by atoms with van der Waals surface area (Å²) in [6.07, 6.45) is 1.59. The van der Waals surface area contributed by atoms with E-state index in [9.17, 15) is 4.79 Å². The Hall–Kier alpha value is -0.950. The summed E-state index contributed by atoms with van der Waals surface area (Å²) in [5.41, 5.74) is 0.797. The fraction of sp³-hybridized carbons (Fsp3) is 0. The number of amides is 1. The van der Waals surface area contributed by atoms with Gasteiger partial charge in [0.15, 0.2) is 3.01 Å². The summed E-state index contributed by atoms with van der Waals surface area (Å²) >= 11 is 3.47. The number of hydrogen-bond donors (Lipinski definition) is 1. The van der Waals surface area contributed by atoms with Gasteiger partial charge in [0.25, 0.3) is 5.91 Å². The molecule has 1 amide bonds. The number of rotatable bonds is 2. The van der Waals surface area contributed by atoms with Crippen LogP contribution >= 0.6 is 33.9 Å². The Kier molecular flexibility index (Phi) is 3.32. The van der Waals surface area contributed by atoms with Crippen LogP contribution in [0.15, 0.2) is 36.5 Å². The second-order valence-corrected chi connectivity index (χ2v) is 5.58. The van der Waals surface area contributed by atoms with Gasteiger partial charge in [0, 0.05) is 5.69 Å². The van der Waals surface area contributed by atoms with E-state index in [1.807, 2.05) is 30.3 Å². The Morgan fingerprint density at radius 1 is 1.33 bits per heavy atom. The van der Waals surface area contributed by atoms with E-state index in [1.165, 1.54) is 11.3 Å². The number of nitrogens with zero attached hydrogens (tertiary/aromatic N) is 1. The highest BCUT2D eigenvalue weighted by atomic mass is 127. The Morgan fingerprint density at radius 3 is 2.67 bits per heavy atom. The molecule has 0 aliphatic rings. The van der Waals surface area contributed by atoms with E-state index in [4.69, 9.17) is 0 Å². The van der Waals surface area contributed by atoms with Gasteiger partial charge in [-0.25, -0.2) is 4.98 Å². The molecule has 15 heavy (non-hydrogen) atoms. The van der Waals surface area contributed by atoms with Gasteiger partial charge >= 0.3 is 0 Å². The summed E-state index contributed by atoms with van der Waals surface area (Å²) in [6, 6.07) is 9.37. The minimum Gasteiger partial charge on any atom is -0.321 e. The lowest BCUT2D eigenvalue weighted by Gasteiger charge is -2.01. The van der Waals surface area contributed by atoms with Crippen LogP contribution in [0.5, 0.6) is 0 Å². The molecule has 0 radical (unpaired) electrons. The Labute approximate surface area is 105 Å². The predicted octanol–water partition coefficient (Wildman–Crippen LogP) is 3.00. The Bertz CT molecular complexity index is 469. The molecule has 0 saturated carbocycles. The van der Waals surface area contributed by atoms with Crippen molar-refractivity contribution in [1.29, 1.82) is 0 Å². The average molecular weight is 330 g/mol. The molecule has 2 aromatic rings. The highest BCUT2D eigenvalue weighted by Crippen LogP contribution is 2.16. The van der Waals surface area contributed by atoms with Gasteiger partial charge in [0.05, 0.1) is 6.20 Å². The molecule has 1 N–H and O–H groups in total. The van der Waals surface area contributed by atoms with Gasteiger partial charge in [-0.15, -0.1) is 11.3 Å². The summed E-state index contributed by atoms with van der Waals surface area (Å²) in [4.78, 5) is 16.3. The third-order valence-corrected chi connectivity index (χ3v) is 3.46. The summed E-state index contributed by atoms with van der Waals surface area (Å²) < 4.78 is 0.866. The molecule has 0 fully saturated rings. The lowest BCUT2D eigenvalue weighted by molar-refractivity contribution is 0.103. The van der Waals surface area contributed by atoms with Gasteiger partial charge in [-0.1, -0.05) is 18.2 Å². The first-order valence-corrected chi connectivity index (χ1v) is 6.13. The van der Waals surface area contributed by atoms with Crippen molar-refractivity contribution in [1.82, 2.24) is 4.98 Å². The summed E-state index contributed by atoms with van der Waals surface area (Å²) in [7, 11) is 0. The maximum atomic E-state index is 11.7. The summed E-state index contributed by atoms with van der Waals surface area (Å²) in [5.74, 6) is -0.110. The normalized spacial score (nSPS) is 9.93. The number of carbonyl (C=O) groups excluding carboxylic acids is 1. The minimum atomic E-state index is -0.110. The van der Waals surface area contributed by atoms with Crippen molar-refractivity contribution in [3.05, 3.63) is 44.4 Å². The van der Waals surface area contributed by atoms with Crippen LogP contribution in [0, 0.1) is 3.01 Å². The highest BCUT2D eigenvalue weighted by molar-refractivity contribution is 14.1. The summed E-state index contributed by atoms with van der Waals surface area (Å²) in [5, 5.41) is 2.80. The molecular weight excluding hydrogens is 323 g/mol. The van der Waals surface area contributed by atoms with Gasteiger partial charge in [-0.05, 0) is 34.7 Å². The topological polar surface area (TPSA) is 42.0 Å². The maximum Gasteiger partial charge on any atom is 0.267 e. The molecule has 76 valence electrons. The van der Waals surface area contributed by atoms with Gasteiger partial charge in [-0.2, -0.15) is 0 Å². The number of benzene rings is 1. The number of nitrogens with one attached hydrogen (secondary N) is 1. The van der Waals surface area contributed by atoms with Crippen molar-refractivity contribution in [2.75, 3.05) is 5.32 Å². The lowest BCUT2D eigenvalue weighted by atomic mass is 10.3. The zero-order chi connectivity index (χ0) is 10.7. The Balaban J connectivity index is 2.11. The predicted molar refractivity (Wildman–Crippen MR) is 69.2 cm³/mol. The number of anilines is 1. The number of para-hydroxylation sites is 1. The van der Waals surface area contributed by atoms with Crippen molar-refractivity contribution in [2.24, 2.45) is 0 Å². The molecular formula is C10H7IN2OS. The van der Waals surface area contributed by atoms with Crippen LogP contribution in [0.3, 0.4) is 0 Å². The number of halogens is 1. The molecule has 1 aromatic carbocycles. The fourth-order valence-electron chi connectivity index (χ4n) is 1.07. The van der Waals surface area contributed by atoms with E-state index in [0.29, 0.717) is 4.88 Å². The fourth-order valence-corrected chi connectivity index (χ4v) is 2.46. The molecule has 2 rings (SSSR count). The zero-order valence-electron chi connectivity index (χ0n) is 7.61. The van der Waals surface area contributed by atoms with Crippen LogP contribution in [0.4, 0.5) is 5.69 Å². The molecule has 0 unspecified atom stereocenters. The highest BCUT2D eigenvalue weighted by Gasteiger charge is 2.08. The molecule has 3 nitrogen and oxygen atoms in total. The molecule has 0 atom stereocenters. The first-order chi connectivity index (χ1) is 7.25. The monoisotopic (exact) mass is 330 g/mol. The van der Waals surface area contributed by atoms with Crippen LogP contribution in [0.25, 0.3) is 0 Å². The maximum absolute atomic E-state index is 11.7. The largest absolute Gasteiger partial charge is 0.321 e. The molecule has 5 heteroatoms. The van der Waals surface area contributed by atoms with Crippen LogP contribution in [-0.2, 0) is 0 Å². The molecule has 0 aliphatic heterocycles. The number of aromatic nitrogens is 1. The van der Waals surface area contributed by atoms with Gasteiger partial charge in [0.2, 0.25) is 0 Å². The van der Waals surface area contributed by atoms with E-state index >= 15 is 0 Å². The van der Waals surface area contributed by atoms with Gasteiger partial charge < -0.3 is 5.32 Å². The smallest absolute Gasteiger partial charge is 0.267 e. The van der Waals surface area contributed by atoms with E-state index in [1.54, 1.807) is 6.20 Å². The molecule has 0 saturated heterocycles. The minimum absolute atomic E-state index is 0.110. The van der Waals surface area contributed by atoms with Crippen LogP contribution in [0.1, 0.15) is 9.67 Å². The van der Waals surface area contributed by atoms with Crippen LogP contribution in [0.2, 0.25) is 0 Å². The number of thiazole rings is 1. The third-order valence-electron chi connectivity index (χ3n) is 1.73. The third kappa shape index (κ3) is 2.75. The van der Waals surface area contributed by atoms with Crippen molar-refractivity contribution in [2.45, 2.75) is 0 Å². The molecule has 0 bridgehead atoms. The standard InChI is InChI=1S/C10H7IN2OS/c11-10-12-6-8(15-10)9(14)13-7-4-2-1-3-5-7/h1-6H,(H,13,14). The zero-order valence-corrected chi connectivity index (χ0v) is 10.6. The van der Waals surface area contributed by atoms with E-state index < -0.39 is 0 Å². The SMILES string of the molecule is O=C(Nc1ccccc1)c1cnc(I)s1. The first-order valence-electron chi connectivity index (χ1n) is 4.23. The quantitative estimate of drug-likeness (QED) is 0.860. The van der Waals surface area contributed by atoms with Crippen molar-refractivity contribution >= 4 is 45.5 Å². The second kappa shape index (κ2) is 4.71. The first kappa shape index (κ1) is 10.6. The van der Waals surface area contributed by atoms with Gasteiger partial charge in [-0.3, -0.25) is 4.79 Å². The molecule has 1 aromatic heterocycles.